The van der Waals surface area contributed by atoms with Crippen molar-refractivity contribution in [3.63, 3.8) is 0 Å². The summed E-state index contributed by atoms with van der Waals surface area (Å²) in [4.78, 5) is 4.06. The number of aliphatic hydroxyl groups is 1. The molecule has 2 rings (SSSR count). The van der Waals surface area contributed by atoms with Gasteiger partial charge in [0, 0.05) is 28.7 Å². The van der Waals surface area contributed by atoms with E-state index in [2.05, 4.69) is 4.98 Å². The second-order valence-electron chi connectivity index (χ2n) is 4.05. The Kier molecular flexibility index (Phi) is 4.64. The average Bonchev–Trinajstić information content (AvgIpc) is 2.43. The number of aromatic nitrogens is 1. The van der Waals surface area contributed by atoms with E-state index in [9.17, 15) is 5.11 Å². The number of halogens is 2. The Morgan fingerprint density at radius 2 is 1.89 bits per heavy atom. The maximum Gasteiger partial charge on any atom is 0.212 e. The standard InChI is InChI=1S/C14H13Cl2NO2/c1-19-14-6-5-9(8-17-14)13(18)7-10-11(15)3-2-4-12(10)16/h2-6,8,13,18H,7H2,1H3. The van der Waals surface area contributed by atoms with Crippen LogP contribution < -0.4 is 4.74 Å². The summed E-state index contributed by atoms with van der Waals surface area (Å²) in [5, 5.41) is 11.3. The molecular formula is C14H13Cl2NO2. The zero-order chi connectivity index (χ0) is 13.8. The molecule has 1 heterocycles. The van der Waals surface area contributed by atoms with Gasteiger partial charge in [0.05, 0.1) is 13.2 Å². The number of rotatable bonds is 4. The fourth-order valence-electron chi connectivity index (χ4n) is 1.75. The summed E-state index contributed by atoms with van der Waals surface area (Å²) in [7, 11) is 1.54. The topological polar surface area (TPSA) is 42.4 Å². The summed E-state index contributed by atoms with van der Waals surface area (Å²) >= 11 is 12.2. The molecule has 3 nitrogen and oxygen atoms in total. The molecule has 0 fully saturated rings. The van der Waals surface area contributed by atoms with Gasteiger partial charge in [-0.05, 0) is 29.3 Å². The van der Waals surface area contributed by atoms with Crippen LogP contribution in [0.5, 0.6) is 5.88 Å². The van der Waals surface area contributed by atoms with E-state index in [0.29, 0.717) is 27.9 Å². The maximum atomic E-state index is 10.2. The van der Waals surface area contributed by atoms with E-state index in [1.165, 1.54) is 0 Å². The first-order valence-electron chi connectivity index (χ1n) is 5.72. The van der Waals surface area contributed by atoms with Crippen molar-refractivity contribution in [2.24, 2.45) is 0 Å². The van der Waals surface area contributed by atoms with Gasteiger partial charge < -0.3 is 9.84 Å². The molecule has 1 aromatic carbocycles. The minimum absolute atomic E-state index is 0.340. The third kappa shape index (κ3) is 3.38. The highest BCUT2D eigenvalue weighted by Gasteiger charge is 2.14. The molecule has 19 heavy (non-hydrogen) atoms. The van der Waals surface area contributed by atoms with E-state index in [-0.39, 0.29) is 0 Å². The van der Waals surface area contributed by atoms with Gasteiger partial charge >= 0.3 is 0 Å². The molecule has 0 aliphatic carbocycles. The third-order valence-corrected chi connectivity index (χ3v) is 3.52. The molecule has 1 unspecified atom stereocenters. The molecule has 0 radical (unpaired) electrons. The van der Waals surface area contributed by atoms with Gasteiger partial charge in [-0.15, -0.1) is 0 Å². The number of benzene rings is 1. The van der Waals surface area contributed by atoms with Gasteiger partial charge in [0.2, 0.25) is 5.88 Å². The lowest BCUT2D eigenvalue weighted by atomic mass is 10.0. The normalized spacial score (nSPS) is 12.2. The van der Waals surface area contributed by atoms with E-state index in [0.717, 1.165) is 5.56 Å². The molecule has 5 heteroatoms. The highest BCUT2D eigenvalue weighted by molar-refractivity contribution is 6.35. The van der Waals surface area contributed by atoms with Gasteiger partial charge in [0.1, 0.15) is 0 Å². The number of hydrogen-bond acceptors (Lipinski definition) is 3. The van der Waals surface area contributed by atoms with Crippen molar-refractivity contribution in [1.29, 1.82) is 0 Å². The lowest BCUT2D eigenvalue weighted by molar-refractivity contribution is 0.178. The first-order valence-corrected chi connectivity index (χ1v) is 6.48. The van der Waals surface area contributed by atoms with Crippen LogP contribution in [0.4, 0.5) is 0 Å². The van der Waals surface area contributed by atoms with Crippen molar-refractivity contribution in [2.75, 3.05) is 7.11 Å². The molecule has 100 valence electrons. The largest absolute Gasteiger partial charge is 0.481 e. The Hall–Kier alpha value is -1.29. The monoisotopic (exact) mass is 297 g/mol. The van der Waals surface area contributed by atoms with Crippen LogP contribution in [-0.2, 0) is 6.42 Å². The second kappa shape index (κ2) is 6.24. The smallest absolute Gasteiger partial charge is 0.212 e. The van der Waals surface area contributed by atoms with Crippen molar-refractivity contribution in [3.05, 3.63) is 57.7 Å². The Morgan fingerprint density at radius 1 is 1.21 bits per heavy atom. The third-order valence-electron chi connectivity index (χ3n) is 2.81. The summed E-state index contributed by atoms with van der Waals surface area (Å²) < 4.78 is 4.97. The Labute approximate surface area is 121 Å². The van der Waals surface area contributed by atoms with E-state index in [1.807, 2.05) is 0 Å². The highest BCUT2D eigenvalue weighted by Crippen LogP contribution is 2.29. The van der Waals surface area contributed by atoms with Gasteiger partial charge in [-0.3, -0.25) is 0 Å². The molecule has 0 amide bonds. The second-order valence-corrected chi connectivity index (χ2v) is 4.87. The van der Waals surface area contributed by atoms with E-state index < -0.39 is 6.10 Å². The fourth-order valence-corrected chi connectivity index (χ4v) is 2.30. The first-order chi connectivity index (χ1) is 9.11. The average molecular weight is 298 g/mol. The molecule has 0 spiro atoms. The van der Waals surface area contributed by atoms with E-state index >= 15 is 0 Å². The van der Waals surface area contributed by atoms with Crippen molar-refractivity contribution >= 4 is 23.2 Å². The van der Waals surface area contributed by atoms with Gasteiger partial charge in [-0.25, -0.2) is 4.98 Å². The fraction of sp³-hybridized carbons (Fsp3) is 0.214. The van der Waals surface area contributed by atoms with Crippen molar-refractivity contribution < 1.29 is 9.84 Å². The predicted octanol–water partition coefficient (Wildman–Crippen LogP) is 3.67. The summed E-state index contributed by atoms with van der Waals surface area (Å²) in [6, 6.07) is 8.74. The number of hydrogen-bond donors (Lipinski definition) is 1. The Bertz CT molecular complexity index is 538. The lowest BCUT2D eigenvalue weighted by Crippen LogP contribution is -2.03. The maximum absolute atomic E-state index is 10.2. The molecule has 0 bridgehead atoms. The molecule has 1 atom stereocenters. The van der Waals surface area contributed by atoms with Crippen LogP contribution in [0.2, 0.25) is 10.0 Å². The Morgan fingerprint density at radius 3 is 2.42 bits per heavy atom. The molecule has 1 aromatic heterocycles. The van der Waals surface area contributed by atoms with Gasteiger partial charge in [-0.1, -0.05) is 29.3 Å². The lowest BCUT2D eigenvalue weighted by Gasteiger charge is -2.13. The SMILES string of the molecule is COc1ccc(C(O)Cc2c(Cl)cccc2Cl)cn1. The van der Waals surface area contributed by atoms with E-state index in [4.69, 9.17) is 27.9 Å². The molecular weight excluding hydrogens is 285 g/mol. The van der Waals surface area contributed by atoms with Gasteiger partial charge in [0.15, 0.2) is 0 Å². The summed E-state index contributed by atoms with van der Waals surface area (Å²) in [6.45, 7) is 0. The number of aliphatic hydroxyl groups excluding tert-OH is 1. The zero-order valence-corrected chi connectivity index (χ0v) is 11.8. The van der Waals surface area contributed by atoms with Crippen LogP contribution in [0, 0.1) is 0 Å². The quantitative estimate of drug-likeness (QED) is 0.936. The predicted molar refractivity (Wildman–Crippen MR) is 75.9 cm³/mol. The van der Waals surface area contributed by atoms with Crippen molar-refractivity contribution in [2.45, 2.75) is 12.5 Å². The zero-order valence-electron chi connectivity index (χ0n) is 10.3. The first kappa shape index (κ1) is 14.1. The van der Waals surface area contributed by atoms with E-state index in [1.54, 1.807) is 43.6 Å². The van der Waals surface area contributed by atoms with Crippen molar-refractivity contribution in [3.8, 4) is 5.88 Å². The van der Waals surface area contributed by atoms with Crippen LogP contribution in [0.25, 0.3) is 0 Å². The highest BCUT2D eigenvalue weighted by atomic mass is 35.5. The van der Waals surface area contributed by atoms with Crippen LogP contribution in [0.1, 0.15) is 17.2 Å². The van der Waals surface area contributed by atoms with Gasteiger partial charge in [-0.2, -0.15) is 0 Å². The van der Waals surface area contributed by atoms with Gasteiger partial charge in [0.25, 0.3) is 0 Å². The summed E-state index contributed by atoms with van der Waals surface area (Å²) in [5.41, 5.74) is 1.42. The number of ether oxygens (including phenoxy) is 1. The molecule has 2 aromatic rings. The van der Waals surface area contributed by atoms with Crippen LogP contribution in [-0.4, -0.2) is 17.2 Å². The van der Waals surface area contributed by atoms with Crippen molar-refractivity contribution in [1.82, 2.24) is 4.98 Å². The van der Waals surface area contributed by atoms with Crippen LogP contribution >= 0.6 is 23.2 Å². The minimum Gasteiger partial charge on any atom is -0.481 e. The molecule has 0 saturated carbocycles. The minimum atomic E-state index is -0.712. The number of pyridine rings is 1. The van der Waals surface area contributed by atoms with Crippen LogP contribution in [0.15, 0.2) is 36.5 Å². The molecule has 0 saturated heterocycles. The molecule has 0 aliphatic rings. The summed E-state index contributed by atoms with van der Waals surface area (Å²) in [5.74, 6) is 0.506. The molecule has 1 N–H and O–H groups in total. The molecule has 0 aliphatic heterocycles. The Balaban J connectivity index is 2.18. The number of nitrogens with zero attached hydrogens (tertiary/aromatic N) is 1. The summed E-state index contributed by atoms with van der Waals surface area (Å²) in [6.07, 6.45) is 1.21. The van der Waals surface area contributed by atoms with Crippen LogP contribution in [0.3, 0.4) is 0 Å². The number of methoxy groups -OCH3 is 1.